The minimum atomic E-state index is -0.118. The van der Waals surface area contributed by atoms with Crippen LogP contribution in [0.1, 0.15) is 86.0 Å². The van der Waals surface area contributed by atoms with Crippen LogP contribution in [0.2, 0.25) is 0 Å². The Morgan fingerprint density at radius 1 is 1.19 bits per heavy atom. The van der Waals surface area contributed by atoms with E-state index in [0.29, 0.717) is 17.3 Å². The second-order valence-electron chi connectivity index (χ2n) is 12.5. The van der Waals surface area contributed by atoms with Gasteiger partial charge < -0.3 is 9.84 Å². The number of ether oxygens (including phenoxy) is 1. The maximum absolute atomic E-state index is 10.3. The van der Waals surface area contributed by atoms with Gasteiger partial charge in [-0.05, 0) is 92.8 Å². The molecular formula is C29H45NO2. The van der Waals surface area contributed by atoms with E-state index in [1.807, 2.05) is 7.11 Å². The van der Waals surface area contributed by atoms with Gasteiger partial charge in [0.05, 0.1) is 12.2 Å². The van der Waals surface area contributed by atoms with Crippen LogP contribution in [0.4, 0.5) is 0 Å². The summed E-state index contributed by atoms with van der Waals surface area (Å²) >= 11 is 0. The molecular weight excluding hydrogens is 394 g/mol. The molecule has 0 saturated heterocycles. The van der Waals surface area contributed by atoms with Crippen molar-refractivity contribution in [3.63, 3.8) is 0 Å². The molecule has 1 heterocycles. The van der Waals surface area contributed by atoms with E-state index in [2.05, 4.69) is 40.7 Å². The number of fused-ring (bicyclic) bond motifs is 5. The number of aliphatic hydroxyl groups excluding tert-OH is 1. The zero-order valence-corrected chi connectivity index (χ0v) is 21.3. The molecule has 1 N–H and O–H groups in total. The summed E-state index contributed by atoms with van der Waals surface area (Å²) in [6, 6.07) is 0. The lowest BCUT2D eigenvalue weighted by atomic mass is 9.56. The van der Waals surface area contributed by atoms with Gasteiger partial charge in [0.2, 0.25) is 0 Å². The fraction of sp³-hybridized carbons (Fsp3) is 0.828. The standard InChI is InChI=1S/C29H45NO2/c1-17-13-26(32-6)27(30-16-17)19(3)28(4)12-10-22-23-8-7-20-14-21(31)9-11-29(20,5)25(23)15-24(22)18(28)2/h7,17,19,21-23,25-26,31H,8-16H2,1-6H3/t17-,19+,21-,22-,23-,25-,26+,28+,29-/m0/s1. The van der Waals surface area contributed by atoms with Crippen LogP contribution in [0.3, 0.4) is 0 Å². The smallest absolute Gasteiger partial charge is 0.0953 e. The van der Waals surface area contributed by atoms with E-state index >= 15 is 0 Å². The molecule has 0 bridgehead atoms. The van der Waals surface area contributed by atoms with Gasteiger partial charge in [0.25, 0.3) is 0 Å². The number of aliphatic hydroxyl groups is 1. The van der Waals surface area contributed by atoms with Crippen LogP contribution in [-0.2, 0) is 4.74 Å². The Morgan fingerprint density at radius 2 is 1.97 bits per heavy atom. The summed E-state index contributed by atoms with van der Waals surface area (Å²) < 4.78 is 5.94. The molecule has 2 saturated carbocycles. The zero-order valence-electron chi connectivity index (χ0n) is 21.3. The van der Waals surface area contributed by atoms with Crippen molar-refractivity contribution in [3.8, 4) is 0 Å². The number of rotatable bonds is 3. The Kier molecular flexibility index (Phi) is 5.77. The van der Waals surface area contributed by atoms with Crippen molar-refractivity contribution < 1.29 is 9.84 Å². The molecule has 0 amide bonds. The fourth-order valence-corrected chi connectivity index (χ4v) is 8.59. The third-order valence-corrected chi connectivity index (χ3v) is 11.1. The summed E-state index contributed by atoms with van der Waals surface area (Å²) in [4.78, 5) is 5.08. The molecule has 0 unspecified atom stereocenters. The number of nitrogens with zero attached hydrogens (tertiary/aromatic N) is 1. The van der Waals surface area contributed by atoms with Gasteiger partial charge in [-0.1, -0.05) is 50.5 Å². The van der Waals surface area contributed by atoms with Crippen LogP contribution in [0.5, 0.6) is 0 Å². The SMILES string of the molecule is CO[C@@H]1C[C@H](C)CN=C1[C@@H](C)[C@]1(C)CC[C@@H]2C(=C1C)C[C@H]1[C@H]2CC=C2C[C@@H](O)CC[C@@]21C. The Balaban J connectivity index is 1.45. The summed E-state index contributed by atoms with van der Waals surface area (Å²) in [5.41, 5.74) is 6.85. The quantitative estimate of drug-likeness (QED) is 0.519. The number of methoxy groups -OCH3 is 1. The molecule has 3 nitrogen and oxygen atoms in total. The maximum Gasteiger partial charge on any atom is 0.0953 e. The van der Waals surface area contributed by atoms with Crippen LogP contribution >= 0.6 is 0 Å². The molecule has 4 aliphatic carbocycles. The topological polar surface area (TPSA) is 41.8 Å². The van der Waals surface area contributed by atoms with Crippen LogP contribution in [0.25, 0.3) is 0 Å². The monoisotopic (exact) mass is 439 g/mol. The van der Waals surface area contributed by atoms with Crippen LogP contribution < -0.4 is 0 Å². The highest BCUT2D eigenvalue weighted by Crippen LogP contribution is 2.64. The third-order valence-electron chi connectivity index (χ3n) is 11.1. The first-order valence-corrected chi connectivity index (χ1v) is 13.3. The van der Waals surface area contributed by atoms with Crippen molar-refractivity contribution in [2.45, 2.75) is 98.2 Å². The second kappa shape index (κ2) is 8.08. The van der Waals surface area contributed by atoms with E-state index in [1.54, 1.807) is 16.7 Å². The molecule has 3 heteroatoms. The van der Waals surface area contributed by atoms with Crippen LogP contribution in [0, 0.1) is 40.4 Å². The van der Waals surface area contributed by atoms with Crippen molar-refractivity contribution in [2.24, 2.45) is 45.4 Å². The number of hydrogen-bond acceptors (Lipinski definition) is 3. The molecule has 0 aromatic heterocycles. The molecule has 5 aliphatic rings. The van der Waals surface area contributed by atoms with Gasteiger partial charge in [-0.2, -0.15) is 0 Å². The molecule has 2 fully saturated rings. The van der Waals surface area contributed by atoms with E-state index in [9.17, 15) is 5.11 Å². The lowest BCUT2D eigenvalue weighted by molar-refractivity contribution is 0.0542. The highest BCUT2D eigenvalue weighted by Gasteiger charge is 2.55. The van der Waals surface area contributed by atoms with Gasteiger partial charge in [0, 0.05) is 25.3 Å². The van der Waals surface area contributed by atoms with E-state index in [4.69, 9.17) is 9.73 Å². The summed E-state index contributed by atoms with van der Waals surface area (Å²) in [6.45, 7) is 13.2. The van der Waals surface area contributed by atoms with Gasteiger partial charge in [0.15, 0.2) is 0 Å². The first-order chi connectivity index (χ1) is 15.2. The van der Waals surface area contributed by atoms with Gasteiger partial charge in [-0.25, -0.2) is 0 Å². The minimum Gasteiger partial charge on any atom is -0.393 e. The highest BCUT2D eigenvalue weighted by atomic mass is 16.5. The van der Waals surface area contributed by atoms with Crippen molar-refractivity contribution in [1.29, 1.82) is 0 Å². The van der Waals surface area contributed by atoms with Crippen molar-refractivity contribution in [2.75, 3.05) is 13.7 Å². The first kappa shape index (κ1) is 22.8. The molecule has 5 rings (SSSR count). The Bertz CT molecular complexity index is 855. The molecule has 0 aromatic rings. The maximum atomic E-state index is 10.3. The largest absolute Gasteiger partial charge is 0.393 e. The second-order valence-corrected chi connectivity index (χ2v) is 12.5. The predicted molar refractivity (Wildman–Crippen MR) is 132 cm³/mol. The van der Waals surface area contributed by atoms with E-state index in [0.717, 1.165) is 43.6 Å². The van der Waals surface area contributed by atoms with Gasteiger partial charge >= 0.3 is 0 Å². The van der Waals surface area contributed by atoms with Gasteiger partial charge in [-0.3, -0.25) is 4.99 Å². The zero-order chi connectivity index (χ0) is 22.8. The Morgan fingerprint density at radius 3 is 2.72 bits per heavy atom. The fourth-order valence-electron chi connectivity index (χ4n) is 8.59. The predicted octanol–water partition coefficient (Wildman–Crippen LogP) is 6.37. The van der Waals surface area contributed by atoms with Crippen molar-refractivity contribution >= 4 is 5.71 Å². The van der Waals surface area contributed by atoms with Crippen molar-refractivity contribution in [3.05, 3.63) is 22.8 Å². The van der Waals surface area contributed by atoms with E-state index in [-0.39, 0.29) is 17.6 Å². The lowest BCUT2D eigenvalue weighted by Crippen LogP contribution is -2.44. The third kappa shape index (κ3) is 3.32. The van der Waals surface area contributed by atoms with Crippen molar-refractivity contribution in [1.82, 2.24) is 0 Å². The van der Waals surface area contributed by atoms with Crippen LogP contribution in [-0.4, -0.2) is 36.7 Å². The van der Waals surface area contributed by atoms with Gasteiger partial charge in [-0.15, -0.1) is 0 Å². The molecule has 32 heavy (non-hydrogen) atoms. The van der Waals surface area contributed by atoms with Crippen LogP contribution in [0.15, 0.2) is 27.8 Å². The molecule has 9 atom stereocenters. The molecule has 0 radical (unpaired) electrons. The summed E-state index contributed by atoms with van der Waals surface area (Å²) in [6.07, 6.45) is 11.9. The summed E-state index contributed by atoms with van der Waals surface area (Å²) in [7, 11) is 1.86. The number of aliphatic imine (C=N–C) groups is 1. The number of hydrogen-bond donors (Lipinski definition) is 1. The Hall–Kier alpha value is -0.930. The number of allylic oxidation sites excluding steroid dienone is 3. The average Bonchev–Trinajstić information content (AvgIpc) is 3.17. The first-order valence-electron chi connectivity index (χ1n) is 13.3. The minimum absolute atomic E-state index is 0.118. The van der Waals surface area contributed by atoms with E-state index < -0.39 is 0 Å². The lowest BCUT2D eigenvalue weighted by Gasteiger charge is -2.49. The highest BCUT2D eigenvalue weighted by molar-refractivity contribution is 5.92. The van der Waals surface area contributed by atoms with E-state index in [1.165, 1.54) is 37.8 Å². The van der Waals surface area contributed by atoms with Gasteiger partial charge in [0.1, 0.15) is 0 Å². The summed E-state index contributed by atoms with van der Waals surface area (Å²) in [5, 5.41) is 10.3. The molecule has 0 aromatic carbocycles. The molecule has 0 spiro atoms. The molecule has 178 valence electrons. The average molecular weight is 440 g/mol. The normalized spacial score (nSPS) is 47.2. The summed E-state index contributed by atoms with van der Waals surface area (Å²) in [5.74, 6) is 3.40. The Labute approximate surface area is 195 Å². The molecule has 1 aliphatic heterocycles.